The van der Waals surface area contributed by atoms with Gasteiger partial charge in [-0.15, -0.1) is 13.2 Å². The van der Waals surface area contributed by atoms with Crippen LogP contribution in [0, 0.1) is 0 Å². The van der Waals surface area contributed by atoms with Gasteiger partial charge in [0.1, 0.15) is 5.76 Å². The van der Waals surface area contributed by atoms with Crippen LogP contribution in [0.25, 0.3) is 0 Å². The summed E-state index contributed by atoms with van der Waals surface area (Å²) in [4.78, 5) is 0. The van der Waals surface area contributed by atoms with E-state index in [0.717, 1.165) is 0 Å². The highest BCUT2D eigenvalue weighted by Gasteiger charge is 2.32. The predicted molar refractivity (Wildman–Crippen MR) is 64.8 cm³/mol. The number of aliphatic hydroxyl groups is 1. The minimum atomic E-state index is -5.16. The molecule has 0 spiro atoms. The van der Waals surface area contributed by atoms with E-state index >= 15 is 0 Å². The molecule has 0 aliphatic carbocycles. The second kappa shape index (κ2) is 6.87. The zero-order chi connectivity index (χ0) is 17.0. The van der Waals surface area contributed by atoms with Crippen molar-refractivity contribution in [1.82, 2.24) is 0 Å². The van der Waals surface area contributed by atoms with Gasteiger partial charge in [-0.3, -0.25) is 0 Å². The Morgan fingerprint density at radius 3 is 1.81 bits per heavy atom. The largest absolute Gasteiger partial charge is 0.573 e. The summed E-state index contributed by atoms with van der Waals surface area (Å²) in [6, 6.07) is 0. The van der Waals surface area contributed by atoms with Gasteiger partial charge in [-0.25, -0.2) is 8.78 Å². The van der Waals surface area contributed by atoms with E-state index in [1.165, 1.54) is 0 Å². The van der Waals surface area contributed by atoms with E-state index in [0.29, 0.717) is 6.08 Å². The van der Waals surface area contributed by atoms with Crippen LogP contribution in [-0.4, -0.2) is 11.5 Å². The standard InChI is InChI=1S/C13H10F6O2/c1-6(7(2)11(15)12(16)8(3)20)5-10(14)9(4)21-13(17,18)19/h5,20H,1-4H2/b10-5+,12-11-. The van der Waals surface area contributed by atoms with E-state index in [1.807, 2.05) is 0 Å². The Bertz CT molecular complexity index is 551. The molecule has 0 aromatic rings. The Labute approximate surface area is 116 Å². The Balaban J connectivity index is 5.17. The lowest BCUT2D eigenvalue weighted by molar-refractivity contribution is -0.304. The number of aliphatic hydroxyl groups excluding tert-OH is 1. The Morgan fingerprint density at radius 1 is 0.952 bits per heavy atom. The number of allylic oxidation sites excluding steroid dienone is 6. The summed E-state index contributed by atoms with van der Waals surface area (Å²) < 4.78 is 78.3. The SMILES string of the molecule is C=C(/C=C(/F)C(=C)OC(F)(F)F)C(=C)/C(F)=C(/F)C(=C)O. The molecular formula is C13H10F6O2. The van der Waals surface area contributed by atoms with Crippen LogP contribution in [0.4, 0.5) is 26.3 Å². The topological polar surface area (TPSA) is 29.5 Å². The molecule has 0 amide bonds. The van der Waals surface area contributed by atoms with Crippen molar-refractivity contribution in [3.63, 3.8) is 0 Å². The van der Waals surface area contributed by atoms with E-state index in [4.69, 9.17) is 5.11 Å². The Kier molecular flexibility index (Phi) is 6.09. The minimum Gasteiger partial charge on any atom is -0.505 e. The second-order valence-electron chi connectivity index (χ2n) is 3.54. The normalized spacial score (nSPS) is 13.3. The molecule has 0 fully saturated rings. The lowest BCUT2D eigenvalue weighted by atomic mass is 10.1. The maximum absolute atomic E-state index is 13.4. The van der Waals surface area contributed by atoms with Crippen LogP contribution in [0.2, 0.25) is 0 Å². The van der Waals surface area contributed by atoms with Crippen LogP contribution in [0.3, 0.4) is 0 Å². The highest BCUT2D eigenvalue weighted by atomic mass is 19.4. The maximum atomic E-state index is 13.4. The first-order chi connectivity index (χ1) is 9.36. The number of halogens is 6. The van der Waals surface area contributed by atoms with Gasteiger partial charge >= 0.3 is 6.36 Å². The van der Waals surface area contributed by atoms with Crippen molar-refractivity contribution in [3.8, 4) is 0 Å². The minimum absolute atomic E-state index is 0.309. The number of hydrogen-bond donors (Lipinski definition) is 1. The molecule has 0 bridgehead atoms. The van der Waals surface area contributed by atoms with E-state index in [2.05, 4.69) is 31.1 Å². The van der Waals surface area contributed by atoms with E-state index in [-0.39, 0.29) is 0 Å². The molecule has 0 aromatic carbocycles. The van der Waals surface area contributed by atoms with Gasteiger partial charge < -0.3 is 9.84 Å². The highest BCUT2D eigenvalue weighted by Crippen LogP contribution is 2.29. The van der Waals surface area contributed by atoms with Crippen molar-refractivity contribution in [2.24, 2.45) is 0 Å². The molecule has 1 N–H and O–H groups in total. The van der Waals surface area contributed by atoms with Gasteiger partial charge in [-0.1, -0.05) is 26.3 Å². The zero-order valence-corrected chi connectivity index (χ0v) is 10.5. The summed E-state index contributed by atoms with van der Waals surface area (Å²) in [5.74, 6) is -7.71. The summed E-state index contributed by atoms with van der Waals surface area (Å²) >= 11 is 0. The second-order valence-corrected chi connectivity index (χ2v) is 3.54. The molecule has 0 atom stereocenters. The molecule has 0 unspecified atom stereocenters. The molecule has 0 radical (unpaired) electrons. The van der Waals surface area contributed by atoms with E-state index in [9.17, 15) is 26.3 Å². The molecule has 21 heavy (non-hydrogen) atoms. The highest BCUT2D eigenvalue weighted by molar-refractivity contribution is 5.50. The smallest absolute Gasteiger partial charge is 0.505 e. The van der Waals surface area contributed by atoms with Gasteiger partial charge in [0, 0.05) is 5.57 Å². The van der Waals surface area contributed by atoms with Crippen LogP contribution in [0.5, 0.6) is 0 Å². The first-order valence-corrected chi connectivity index (χ1v) is 5.01. The molecule has 0 rings (SSSR count). The average molecular weight is 312 g/mol. The van der Waals surface area contributed by atoms with Crippen molar-refractivity contribution in [2.45, 2.75) is 6.36 Å². The first-order valence-electron chi connectivity index (χ1n) is 5.01. The van der Waals surface area contributed by atoms with Crippen molar-refractivity contribution in [1.29, 1.82) is 0 Å². The molecule has 2 nitrogen and oxygen atoms in total. The van der Waals surface area contributed by atoms with E-state index < -0.39 is 46.5 Å². The number of alkyl halides is 3. The Morgan fingerprint density at radius 2 is 1.43 bits per heavy atom. The predicted octanol–water partition coefficient (Wildman–Crippen LogP) is 5.22. The summed E-state index contributed by atoms with van der Waals surface area (Å²) in [6.45, 7) is 11.5. The van der Waals surface area contributed by atoms with Gasteiger partial charge in [-0.2, -0.15) is 4.39 Å². The average Bonchev–Trinajstić information content (AvgIpc) is 2.33. The third kappa shape index (κ3) is 6.07. The molecular weight excluding hydrogens is 302 g/mol. The summed E-state index contributed by atoms with van der Waals surface area (Å²) in [5, 5.41) is 8.63. The van der Waals surface area contributed by atoms with Crippen molar-refractivity contribution < 1.29 is 36.2 Å². The quantitative estimate of drug-likeness (QED) is 0.414. The fraction of sp³-hybridized carbons (Fsp3) is 0.0769. The van der Waals surface area contributed by atoms with Gasteiger partial charge in [0.25, 0.3) is 0 Å². The van der Waals surface area contributed by atoms with Gasteiger partial charge in [-0.05, 0) is 11.6 Å². The molecule has 116 valence electrons. The Hall–Kier alpha value is -2.38. The first kappa shape index (κ1) is 18.6. The fourth-order valence-electron chi connectivity index (χ4n) is 0.909. The van der Waals surface area contributed by atoms with Crippen LogP contribution in [-0.2, 0) is 4.74 Å². The maximum Gasteiger partial charge on any atom is 0.573 e. The monoisotopic (exact) mass is 312 g/mol. The zero-order valence-electron chi connectivity index (χ0n) is 10.5. The van der Waals surface area contributed by atoms with Gasteiger partial charge in [0.2, 0.25) is 0 Å². The molecule has 0 aliphatic heterocycles. The van der Waals surface area contributed by atoms with Crippen LogP contribution in [0.1, 0.15) is 0 Å². The summed E-state index contributed by atoms with van der Waals surface area (Å²) in [5.41, 5.74) is -1.41. The van der Waals surface area contributed by atoms with E-state index in [1.54, 1.807) is 0 Å². The summed E-state index contributed by atoms with van der Waals surface area (Å²) in [6.07, 6.45) is -4.85. The van der Waals surface area contributed by atoms with Crippen molar-refractivity contribution >= 4 is 0 Å². The number of hydrogen-bond acceptors (Lipinski definition) is 2. The third-order valence-corrected chi connectivity index (χ3v) is 1.90. The third-order valence-electron chi connectivity index (χ3n) is 1.90. The van der Waals surface area contributed by atoms with Gasteiger partial charge in [0.05, 0.1) is 0 Å². The molecule has 0 aromatic heterocycles. The molecule has 0 saturated heterocycles. The molecule has 0 aliphatic rings. The fourth-order valence-corrected chi connectivity index (χ4v) is 0.909. The lowest BCUT2D eigenvalue weighted by Crippen LogP contribution is -2.12. The molecule has 0 heterocycles. The molecule has 0 saturated carbocycles. The van der Waals surface area contributed by atoms with Crippen LogP contribution >= 0.6 is 0 Å². The molecule has 8 heteroatoms. The summed E-state index contributed by atoms with van der Waals surface area (Å²) in [7, 11) is 0. The van der Waals surface area contributed by atoms with Crippen molar-refractivity contribution in [3.05, 3.63) is 72.5 Å². The number of ether oxygens (including phenoxy) is 1. The van der Waals surface area contributed by atoms with Crippen molar-refractivity contribution in [2.75, 3.05) is 0 Å². The number of rotatable bonds is 6. The van der Waals surface area contributed by atoms with Crippen LogP contribution < -0.4 is 0 Å². The van der Waals surface area contributed by atoms with Gasteiger partial charge in [0.15, 0.2) is 23.2 Å². The van der Waals surface area contributed by atoms with Crippen LogP contribution in [0.15, 0.2) is 72.5 Å². The lowest BCUT2D eigenvalue weighted by Gasteiger charge is -2.10.